The second-order valence-corrected chi connectivity index (χ2v) is 6.08. The average Bonchev–Trinajstić information content (AvgIpc) is 2.35. The van der Waals surface area contributed by atoms with Gasteiger partial charge < -0.3 is 10.1 Å². The minimum Gasteiger partial charge on any atom is -0.377 e. The van der Waals surface area contributed by atoms with Gasteiger partial charge in [0.05, 0.1) is 6.10 Å². The molecule has 0 saturated heterocycles. The molecule has 2 nitrogen and oxygen atoms in total. The third kappa shape index (κ3) is 5.64. The van der Waals surface area contributed by atoms with Gasteiger partial charge in [0.1, 0.15) is 0 Å². The van der Waals surface area contributed by atoms with Gasteiger partial charge in [-0.1, -0.05) is 48.8 Å². The first-order chi connectivity index (χ1) is 9.08. The molecule has 0 aliphatic rings. The quantitative estimate of drug-likeness (QED) is 0.778. The maximum absolute atomic E-state index is 5.95. The highest BCUT2D eigenvalue weighted by molar-refractivity contribution is 9.10. The van der Waals surface area contributed by atoms with Crippen LogP contribution in [0.5, 0.6) is 0 Å². The molecule has 108 valence electrons. The first kappa shape index (κ1) is 16.7. The van der Waals surface area contributed by atoms with Crippen LogP contribution in [0, 0.1) is 5.92 Å². The van der Waals surface area contributed by atoms with E-state index in [1.165, 1.54) is 5.56 Å². The summed E-state index contributed by atoms with van der Waals surface area (Å²) in [5.41, 5.74) is 1.34. The lowest BCUT2D eigenvalue weighted by atomic mass is 9.94. The maximum atomic E-state index is 5.95. The molecule has 0 heterocycles. The summed E-state index contributed by atoms with van der Waals surface area (Å²) in [6.45, 7) is 10.4. The van der Waals surface area contributed by atoms with Crippen LogP contribution in [0.15, 0.2) is 28.7 Å². The van der Waals surface area contributed by atoms with E-state index in [4.69, 9.17) is 4.74 Å². The summed E-state index contributed by atoms with van der Waals surface area (Å²) in [6.07, 6.45) is 1.25. The molecular formula is C16H26BrNO. The van der Waals surface area contributed by atoms with Gasteiger partial charge in [0, 0.05) is 17.1 Å². The molecule has 0 aliphatic heterocycles. The molecule has 2 unspecified atom stereocenters. The van der Waals surface area contributed by atoms with Crippen molar-refractivity contribution in [1.29, 1.82) is 0 Å². The molecule has 1 aromatic carbocycles. The summed E-state index contributed by atoms with van der Waals surface area (Å²) in [5.74, 6) is 0.510. The van der Waals surface area contributed by atoms with Crippen LogP contribution in [0.25, 0.3) is 0 Å². The van der Waals surface area contributed by atoms with Crippen LogP contribution in [0.2, 0.25) is 0 Å². The minimum atomic E-state index is 0.254. The van der Waals surface area contributed by atoms with Gasteiger partial charge in [0.2, 0.25) is 0 Å². The smallest absolute Gasteiger partial charge is 0.0753 e. The van der Waals surface area contributed by atoms with Gasteiger partial charge in [-0.2, -0.15) is 0 Å². The molecule has 0 spiro atoms. The van der Waals surface area contributed by atoms with Gasteiger partial charge in [-0.3, -0.25) is 0 Å². The summed E-state index contributed by atoms with van der Waals surface area (Å²) in [7, 11) is 0. The molecule has 0 aromatic heterocycles. The number of hydrogen-bond acceptors (Lipinski definition) is 2. The Morgan fingerprint density at radius 2 is 2.00 bits per heavy atom. The number of likely N-dealkylation sites (N-methyl/N-ethyl adjacent to an activating group) is 1. The Labute approximate surface area is 126 Å². The fraction of sp³-hybridized carbons (Fsp3) is 0.625. The summed E-state index contributed by atoms with van der Waals surface area (Å²) in [5, 5.41) is 3.58. The molecule has 0 fully saturated rings. The van der Waals surface area contributed by atoms with Crippen molar-refractivity contribution in [3.05, 3.63) is 34.3 Å². The van der Waals surface area contributed by atoms with E-state index < -0.39 is 0 Å². The molecule has 1 aromatic rings. The zero-order valence-corrected chi connectivity index (χ0v) is 14.0. The standard InChI is InChI=1S/C16H26BrNO/c1-5-18-15(16(12(3)4)19-6-2)11-13-8-7-9-14(17)10-13/h7-10,12,15-16,18H,5-6,11H2,1-4H3. The highest BCUT2D eigenvalue weighted by atomic mass is 79.9. The van der Waals surface area contributed by atoms with Crippen molar-refractivity contribution in [3.63, 3.8) is 0 Å². The van der Waals surface area contributed by atoms with Crippen molar-refractivity contribution >= 4 is 15.9 Å². The number of nitrogens with one attached hydrogen (secondary N) is 1. The fourth-order valence-electron chi connectivity index (χ4n) is 2.45. The van der Waals surface area contributed by atoms with Crippen LogP contribution in [0.1, 0.15) is 33.3 Å². The zero-order valence-electron chi connectivity index (χ0n) is 12.4. The molecule has 2 atom stereocenters. The number of rotatable bonds is 8. The number of ether oxygens (including phenoxy) is 1. The molecule has 3 heteroatoms. The van der Waals surface area contributed by atoms with Crippen molar-refractivity contribution < 1.29 is 4.74 Å². The Morgan fingerprint density at radius 3 is 2.53 bits per heavy atom. The van der Waals surface area contributed by atoms with Crippen LogP contribution < -0.4 is 5.32 Å². The monoisotopic (exact) mass is 327 g/mol. The van der Waals surface area contributed by atoms with Crippen LogP contribution in [0.4, 0.5) is 0 Å². The second kappa shape index (κ2) is 8.72. The molecular weight excluding hydrogens is 302 g/mol. The largest absolute Gasteiger partial charge is 0.377 e. The molecule has 0 amide bonds. The molecule has 1 rings (SSSR count). The van der Waals surface area contributed by atoms with Gasteiger partial charge in [-0.15, -0.1) is 0 Å². The normalized spacial score (nSPS) is 14.6. The predicted octanol–water partition coefficient (Wildman–Crippen LogP) is 4.03. The Hall–Kier alpha value is -0.380. The van der Waals surface area contributed by atoms with Crippen LogP contribution in [0.3, 0.4) is 0 Å². The van der Waals surface area contributed by atoms with Crippen LogP contribution >= 0.6 is 15.9 Å². The fourth-order valence-corrected chi connectivity index (χ4v) is 2.90. The van der Waals surface area contributed by atoms with E-state index in [0.29, 0.717) is 12.0 Å². The Bertz CT molecular complexity index is 368. The second-order valence-electron chi connectivity index (χ2n) is 5.16. The molecule has 1 N–H and O–H groups in total. The van der Waals surface area contributed by atoms with Crippen molar-refractivity contribution in [2.45, 2.75) is 46.3 Å². The predicted molar refractivity (Wildman–Crippen MR) is 85.6 cm³/mol. The third-order valence-electron chi connectivity index (χ3n) is 3.22. The molecule has 19 heavy (non-hydrogen) atoms. The Balaban J connectivity index is 2.80. The van der Waals surface area contributed by atoms with Gasteiger partial charge >= 0.3 is 0 Å². The van der Waals surface area contributed by atoms with Crippen molar-refractivity contribution in [2.75, 3.05) is 13.2 Å². The lowest BCUT2D eigenvalue weighted by Crippen LogP contribution is -2.45. The first-order valence-corrected chi connectivity index (χ1v) is 7.97. The Kier molecular flexibility index (Phi) is 7.66. The SMILES string of the molecule is CCNC(Cc1cccc(Br)c1)C(OCC)C(C)C. The van der Waals surface area contributed by atoms with Crippen molar-refractivity contribution in [2.24, 2.45) is 5.92 Å². The highest BCUT2D eigenvalue weighted by Gasteiger charge is 2.24. The average molecular weight is 328 g/mol. The summed E-state index contributed by atoms with van der Waals surface area (Å²) in [6, 6.07) is 8.88. The van der Waals surface area contributed by atoms with Crippen molar-refractivity contribution in [1.82, 2.24) is 5.32 Å². The topological polar surface area (TPSA) is 21.3 Å². The maximum Gasteiger partial charge on any atom is 0.0753 e. The minimum absolute atomic E-state index is 0.254. The van der Waals surface area contributed by atoms with Crippen LogP contribution in [-0.2, 0) is 11.2 Å². The Morgan fingerprint density at radius 1 is 1.26 bits per heavy atom. The lowest BCUT2D eigenvalue weighted by Gasteiger charge is -2.31. The van der Waals surface area contributed by atoms with E-state index in [1.54, 1.807) is 0 Å². The molecule has 0 bridgehead atoms. The number of hydrogen-bond donors (Lipinski definition) is 1. The van der Waals surface area contributed by atoms with Crippen LogP contribution in [-0.4, -0.2) is 25.3 Å². The van der Waals surface area contributed by atoms with E-state index in [-0.39, 0.29) is 6.10 Å². The van der Waals surface area contributed by atoms with E-state index in [2.05, 4.69) is 73.2 Å². The van der Waals surface area contributed by atoms with Gasteiger partial charge in [-0.05, 0) is 43.5 Å². The summed E-state index contributed by atoms with van der Waals surface area (Å²) < 4.78 is 7.08. The first-order valence-electron chi connectivity index (χ1n) is 7.17. The van der Waals surface area contributed by atoms with E-state index >= 15 is 0 Å². The van der Waals surface area contributed by atoms with Gasteiger partial charge in [-0.25, -0.2) is 0 Å². The third-order valence-corrected chi connectivity index (χ3v) is 3.72. The lowest BCUT2D eigenvalue weighted by molar-refractivity contribution is 0.00395. The number of halogens is 1. The van der Waals surface area contributed by atoms with Crippen molar-refractivity contribution in [3.8, 4) is 0 Å². The molecule has 0 radical (unpaired) electrons. The highest BCUT2D eigenvalue weighted by Crippen LogP contribution is 2.18. The van der Waals surface area contributed by atoms with Gasteiger partial charge in [0.25, 0.3) is 0 Å². The van der Waals surface area contributed by atoms with E-state index in [9.17, 15) is 0 Å². The number of benzene rings is 1. The zero-order chi connectivity index (χ0) is 14.3. The molecule has 0 saturated carbocycles. The van der Waals surface area contributed by atoms with E-state index in [0.717, 1.165) is 24.0 Å². The summed E-state index contributed by atoms with van der Waals surface area (Å²) >= 11 is 3.54. The molecule has 0 aliphatic carbocycles. The van der Waals surface area contributed by atoms with E-state index in [1.807, 2.05) is 0 Å². The summed E-state index contributed by atoms with van der Waals surface area (Å²) in [4.78, 5) is 0. The van der Waals surface area contributed by atoms with Gasteiger partial charge in [0.15, 0.2) is 0 Å².